The summed E-state index contributed by atoms with van der Waals surface area (Å²) in [6.07, 6.45) is 7.58. The van der Waals surface area contributed by atoms with Gasteiger partial charge in [-0.25, -0.2) is 9.79 Å². The Hall–Kier alpha value is -1.40. The van der Waals surface area contributed by atoms with Gasteiger partial charge < -0.3 is 0 Å². The molecule has 0 saturated heterocycles. The topological polar surface area (TPSA) is 29.4 Å². The molecule has 1 fully saturated rings. The van der Waals surface area contributed by atoms with Crippen LogP contribution in [0.2, 0.25) is 0 Å². The van der Waals surface area contributed by atoms with Crippen LogP contribution in [0.25, 0.3) is 0 Å². The monoisotopic (exact) mass is 215 g/mol. The van der Waals surface area contributed by atoms with E-state index in [1.165, 1.54) is 24.8 Å². The van der Waals surface area contributed by atoms with Gasteiger partial charge in [0, 0.05) is 0 Å². The van der Waals surface area contributed by atoms with E-state index in [1.807, 2.05) is 18.2 Å². The quantitative estimate of drug-likeness (QED) is 0.548. The van der Waals surface area contributed by atoms with Gasteiger partial charge in [-0.15, -0.1) is 0 Å². The summed E-state index contributed by atoms with van der Waals surface area (Å²) in [5.41, 5.74) is 1.26. The third-order valence-corrected chi connectivity index (χ3v) is 3.38. The van der Waals surface area contributed by atoms with Crippen molar-refractivity contribution in [2.75, 3.05) is 0 Å². The molecule has 0 N–H and O–H groups in total. The molecule has 2 heteroatoms. The van der Waals surface area contributed by atoms with E-state index in [0.717, 1.165) is 18.8 Å². The van der Waals surface area contributed by atoms with Crippen molar-refractivity contribution in [1.82, 2.24) is 0 Å². The molecular formula is C14H17NO. The van der Waals surface area contributed by atoms with E-state index < -0.39 is 0 Å². The van der Waals surface area contributed by atoms with E-state index in [1.54, 1.807) is 6.08 Å². The van der Waals surface area contributed by atoms with E-state index in [2.05, 4.69) is 17.1 Å². The standard InChI is InChI=1S/C14H17NO/c16-11-15-14(10-13-7-4-8-13)9-12-5-2-1-3-6-12/h1-3,5-6,13-14H,4,7-10H2/t14-/m0/s1. The molecule has 1 aliphatic carbocycles. The molecule has 0 aromatic heterocycles. The lowest BCUT2D eigenvalue weighted by atomic mass is 9.80. The highest BCUT2D eigenvalue weighted by Gasteiger charge is 2.21. The second-order valence-electron chi connectivity index (χ2n) is 4.60. The van der Waals surface area contributed by atoms with Crippen molar-refractivity contribution in [3.8, 4) is 0 Å². The first-order valence-corrected chi connectivity index (χ1v) is 5.99. The van der Waals surface area contributed by atoms with Crippen molar-refractivity contribution in [2.24, 2.45) is 10.9 Å². The normalized spacial score (nSPS) is 17.2. The second-order valence-corrected chi connectivity index (χ2v) is 4.60. The fourth-order valence-corrected chi connectivity index (χ4v) is 2.26. The number of isocyanates is 1. The first-order chi connectivity index (χ1) is 7.88. The summed E-state index contributed by atoms with van der Waals surface area (Å²) in [6.45, 7) is 0. The van der Waals surface area contributed by atoms with Gasteiger partial charge in [0.1, 0.15) is 0 Å². The fraction of sp³-hybridized carbons (Fsp3) is 0.500. The second kappa shape index (κ2) is 5.62. The number of rotatable bonds is 5. The first kappa shape index (κ1) is 11.1. The number of nitrogens with zero attached hydrogens (tertiary/aromatic N) is 1. The lowest BCUT2D eigenvalue weighted by molar-refractivity contribution is 0.276. The first-order valence-electron chi connectivity index (χ1n) is 5.99. The maximum atomic E-state index is 10.4. The van der Waals surface area contributed by atoms with Crippen LogP contribution in [0.5, 0.6) is 0 Å². The van der Waals surface area contributed by atoms with Gasteiger partial charge in [-0.05, 0) is 24.3 Å². The van der Waals surface area contributed by atoms with Gasteiger partial charge in [-0.2, -0.15) is 0 Å². The van der Waals surface area contributed by atoms with Gasteiger partial charge >= 0.3 is 0 Å². The van der Waals surface area contributed by atoms with Gasteiger partial charge in [0.05, 0.1) is 6.04 Å². The third kappa shape index (κ3) is 3.04. The van der Waals surface area contributed by atoms with Crippen LogP contribution in [0.1, 0.15) is 31.2 Å². The average molecular weight is 215 g/mol. The molecule has 1 aliphatic rings. The van der Waals surface area contributed by atoms with E-state index in [0.29, 0.717) is 0 Å². The van der Waals surface area contributed by atoms with Crippen molar-refractivity contribution in [3.63, 3.8) is 0 Å². The van der Waals surface area contributed by atoms with Crippen molar-refractivity contribution < 1.29 is 4.79 Å². The minimum atomic E-state index is 0.130. The predicted octanol–water partition coefficient (Wildman–Crippen LogP) is 3.12. The number of benzene rings is 1. The smallest absolute Gasteiger partial charge is 0.211 e. The van der Waals surface area contributed by atoms with Gasteiger partial charge in [0.25, 0.3) is 0 Å². The molecule has 84 valence electrons. The number of carbonyl (C=O) groups excluding carboxylic acids is 1. The summed E-state index contributed by atoms with van der Waals surface area (Å²) in [4.78, 5) is 14.3. The van der Waals surface area contributed by atoms with Crippen molar-refractivity contribution in [1.29, 1.82) is 0 Å². The van der Waals surface area contributed by atoms with Crippen LogP contribution in [0.3, 0.4) is 0 Å². The van der Waals surface area contributed by atoms with Gasteiger partial charge in [-0.3, -0.25) is 0 Å². The largest absolute Gasteiger partial charge is 0.235 e. The summed E-state index contributed by atoms with van der Waals surface area (Å²) in [6, 6.07) is 10.4. The Balaban J connectivity index is 1.93. The third-order valence-electron chi connectivity index (χ3n) is 3.38. The highest BCUT2D eigenvalue weighted by Crippen LogP contribution is 2.31. The summed E-state index contributed by atoms with van der Waals surface area (Å²) in [7, 11) is 0. The number of aliphatic imine (C=N–C) groups is 1. The Morgan fingerprint density at radius 3 is 2.62 bits per heavy atom. The molecule has 0 spiro atoms. The van der Waals surface area contributed by atoms with Crippen molar-refractivity contribution in [3.05, 3.63) is 35.9 Å². The number of hydrogen-bond acceptors (Lipinski definition) is 2. The highest BCUT2D eigenvalue weighted by molar-refractivity contribution is 5.34. The minimum absolute atomic E-state index is 0.130. The molecule has 0 unspecified atom stereocenters. The lowest BCUT2D eigenvalue weighted by Gasteiger charge is -2.27. The number of hydrogen-bond donors (Lipinski definition) is 0. The maximum absolute atomic E-state index is 10.4. The molecule has 0 bridgehead atoms. The van der Waals surface area contributed by atoms with Crippen LogP contribution in [0.4, 0.5) is 0 Å². The Morgan fingerprint density at radius 1 is 1.31 bits per heavy atom. The molecule has 2 rings (SSSR count). The molecule has 1 atom stereocenters. The average Bonchev–Trinajstić information content (AvgIpc) is 2.25. The van der Waals surface area contributed by atoms with E-state index in [9.17, 15) is 4.79 Å². The van der Waals surface area contributed by atoms with Crippen LogP contribution in [-0.2, 0) is 11.2 Å². The van der Waals surface area contributed by atoms with Crippen LogP contribution in [0, 0.1) is 5.92 Å². The minimum Gasteiger partial charge on any atom is -0.211 e. The maximum Gasteiger partial charge on any atom is 0.235 e. The fourth-order valence-electron chi connectivity index (χ4n) is 2.26. The van der Waals surface area contributed by atoms with Gasteiger partial charge in [0.15, 0.2) is 0 Å². The van der Waals surface area contributed by atoms with Gasteiger partial charge in [-0.1, -0.05) is 49.6 Å². The summed E-state index contributed by atoms with van der Waals surface area (Å²) >= 11 is 0. The van der Waals surface area contributed by atoms with Crippen molar-refractivity contribution >= 4 is 6.08 Å². The zero-order chi connectivity index (χ0) is 11.2. The molecule has 0 amide bonds. The summed E-state index contributed by atoms with van der Waals surface area (Å²) in [5, 5.41) is 0. The molecule has 1 aromatic rings. The summed E-state index contributed by atoms with van der Waals surface area (Å²) < 4.78 is 0. The van der Waals surface area contributed by atoms with E-state index >= 15 is 0 Å². The Labute approximate surface area is 96.4 Å². The molecule has 0 heterocycles. The van der Waals surface area contributed by atoms with E-state index in [-0.39, 0.29) is 6.04 Å². The molecular weight excluding hydrogens is 198 g/mol. The molecule has 2 nitrogen and oxygen atoms in total. The molecule has 16 heavy (non-hydrogen) atoms. The SMILES string of the molecule is O=C=N[C@@H](Cc1ccccc1)CC1CCC1. The van der Waals surface area contributed by atoms with Crippen LogP contribution in [0.15, 0.2) is 35.3 Å². The predicted molar refractivity (Wildman–Crippen MR) is 64.0 cm³/mol. The van der Waals surface area contributed by atoms with Crippen LogP contribution in [-0.4, -0.2) is 12.1 Å². The Bertz CT molecular complexity index is 364. The molecule has 1 saturated carbocycles. The molecule has 1 aromatic carbocycles. The molecule has 0 aliphatic heterocycles. The zero-order valence-corrected chi connectivity index (χ0v) is 9.43. The highest BCUT2D eigenvalue weighted by atomic mass is 16.1. The van der Waals surface area contributed by atoms with Gasteiger partial charge in [0.2, 0.25) is 6.08 Å². The van der Waals surface area contributed by atoms with E-state index in [4.69, 9.17) is 0 Å². The Kier molecular flexibility index (Phi) is 3.90. The molecule has 0 radical (unpaired) electrons. The van der Waals surface area contributed by atoms with Crippen LogP contribution < -0.4 is 0 Å². The van der Waals surface area contributed by atoms with Crippen molar-refractivity contribution in [2.45, 2.75) is 38.1 Å². The zero-order valence-electron chi connectivity index (χ0n) is 9.43. The van der Waals surface area contributed by atoms with Crippen LogP contribution >= 0.6 is 0 Å². The summed E-state index contributed by atoms with van der Waals surface area (Å²) in [5.74, 6) is 0.783. The Morgan fingerprint density at radius 2 is 2.06 bits per heavy atom. The lowest BCUT2D eigenvalue weighted by Crippen LogP contribution is -2.19.